The number of amides is 1. The normalized spacial score (nSPS) is 12.8. The number of benzene rings is 2. The zero-order chi connectivity index (χ0) is 20.0. The molecule has 27 heavy (non-hydrogen) atoms. The van der Waals surface area contributed by atoms with Crippen LogP contribution in [0.25, 0.3) is 0 Å². The molecule has 0 spiro atoms. The third kappa shape index (κ3) is 5.09. The summed E-state index contributed by atoms with van der Waals surface area (Å²) in [5.74, 6) is -0.00671. The van der Waals surface area contributed by atoms with Crippen molar-refractivity contribution in [1.82, 2.24) is 0 Å². The molecule has 0 saturated heterocycles. The molecule has 2 aromatic carbocycles. The average Bonchev–Trinajstić information content (AvgIpc) is 2.67. The largest absolute Gasteiger partial charge is 0.496 e. The molecule has 0 heterocycles. The first-order chi connectivity index (χ1) is 12.9. The minimum Gasteiger partial charge on any atom is -0.496 e. The van der Waals surface area contributed by atoms with Crippen molar-refractivity contribution in [2.75, 3.05) is 12.4 Å². The molecule has 1 N–H and O–H groups in total. The molecule has 0 radical (unpaired) electrons. The Morgan fingerprint density at radius 2 is 1.81 bits per heavy atom. The first-order valence-electron chi connectivity index (χ1n) is 9.12. The SMILES string of the molecule is CC[C@H](C)c1ccccc1NC(=O)[C@@H](C)OC(=O)c1ccc(C)c(OC)c1. The quantitative estimate of drug-likeness (QED) is 0.719. The smallest absolute Gasteiger partial charge is 0.339 e. The second-order valence-corrected chi connectivity index (χ2v) is 6.62. The van der Waals surface area contributed by atoms with E-state index in [1.807, 2.05) is 31.2 Å². The molecule has 0 aromatic heterocycles. The van der Waals surface area contributed by atoms with Crippen LogP contribution in [0.2, 0.25) is 0 Å². The minimum atomic E-state index is -0.921. The lowest BCUT2D eigenvalue weighted by molar-refractivity contribution is -0.123. The highest BCUT2D eigenvalue weighted by molar-refractivity contribution is 5.98. The Balaban J connectivity index is 2.07. The second kappa shape index (κ2) is 9.21. The maximum atomic E-state index is 12.5. The Morgan fingerprint density at radius 3 is 2.48 bits per heavy atom. The van der Waals surface area contributed by atoms with Crippen LogP contribution in [0, 0.1) is 6.92 Å². The number of hydrogen-bond donors (Lipinski definition) is 1. The molecule has 5 heteroatoms. The van der Waals surface area contributed by atoms with Gasteiger partial charge in [-0.1, -0.05) is 38.1 Å². The van der Waals surface area contributed by atoms with Gasteiger partial charge >= 0.3 is 5.97 Å². The van der Waals surface area contributed by atoms with Gasteiger partial charge in [-0.25, -0.2) is 4.79 Å². The summed E-state index contributed by atoms with van der Waals surface area (Å²) in [6.07, 6.45) is 0.0435. The molecule has 0 saturated carbocycles. The van der Waals surface area contributed by atoms with Crippen LogP contribution in [0.15, 0.2) is 42.5 Å². The molecule has 2 aromatic rings. The van der Waals surface area contributed by atoms with Gasteiger partial charge in [-0.05, 0) is 55.5 Å². The second-order valence-electron chi connectivity index (χ2n) is 6.62. The standard InChI is InChI=1S/C22H27NO4/c1-6-14(2)18-9-7-8-10-19(18)23-21(24)16(4)27-22(25)17-12-11-15(3)20(13-17)26-5/h7-14,16H,6H2,1-5H3,(H,23,24)/t14-,16+/m0/s1. The summed E-state index contributed by atoms with van der Waals surface area (Å²) in [5.41, 5.74) is 3.07. The first-order valence-corrected chi connectivity index (χ1v) is 9.12. The van der Waals surface area contributed by atoms with Crippen LogP contribution >= 0.6 is 0 Å². The Morgan fingerprint density at radius 1 is 1.11 bits per heavy atom. The first kappa shape index (κ1) is 20.5. The maximum Gasteiger partial charge on any atom is 0.339 e. The van der Waals surface area contributed by atoms with Gasteiger partial charge in [0, 0.05) is 5.69 Å². The lowest BCUT2D eigenvalue weighted by Crippen LogP contribution is -2.30. The predicted octanol–water partition coefficient (Wildman–Crippen LogP) is 4.70. The van der Waals surface area contributed by atoms with Crippen LogP contribution in [0.1, 0.15) is 54.6 Å². The molecule has 2 atom stereocenters. The van der Waals surface area contributed by atoms with Gasteiger partial charge in [0.25, 0.3) is 5.91 Å². The van der Waals surface area contributed by atoms with E-state index in [4.69, 9.17) is 9.47 Å². The molecule has 0 aliphatic heterocycles. The van der Waals surface area contributed by atoms with E-state index in [1.54, 1.807) is 32.2 Å². The molecule has 0 unspecified atom stereocenters. The van der Waals surface area contributed by atoms with E-state index in [9.17, 15) is 9.59 Å². The van der Waals surface area contributed by atoms with Crippen molar-refractivity contribution in [2.45, 2.75) is 46.1 Å². The van der Waals surface area contributed by atoms with E-state index in [-0.39, 0.29) is 5.91 Å². The number of methoxy groups -OCH3 is 1. The third-order valence-electron chi connectivity index (χ3n) is 4.66. The van der Waals surface area contributed by atoms with Gasteiger partial charge in [0.05, 0.1) is 12.7 Å². The minimum absolute atomic E-state index is 0.319. The van der Waals surface area contributed by atoms with Crippen molar-refractivity contribution in [2.24, 2.45) is 0 Å². The lowest BCUT2D eigenvalue weighted by Gasteiger charge is -2.18. The van der Waals surface area contributed by atoms with Gasteiger partial charge in [0.1, 0.15) is 5.75 Å². The topological polar surface area (TPSA) is 64.6 Å². The van der Waals surface area contributed by atoms with E-state index >= 15 is 0 Å². The molecule has 1 amide bonds. The number of rotatable bonds is 7. The summed E-state index contributed by atoms with van der Waals surface area (Å²) in [6.45, 7) is 7.66. The molecule has 144 valence electrons. The van der Waals surface area contributed by atoms with Crippen LogP contribution in [0.5, 0.6) is 5.75 Å². The highest BCUT2D eigenvalue weighted by Gasteiger charge is 2.21. The highest BCUT2D eigenvalue weighted by Crippen LogP contribution is 2.26. The van der Waals surface area contributed by atoms with Crippen LogP contribution in [0.3, 0.4) is 0 Å². The van der Waals surface area contributed by atoms with Crippen LogP contribution in [0.4, 0.5) is 5.69 Å². The zero-order valence-corrected chi connectivity index (χ0v) is 16.5. The molecule has 0 aliphatic carbocycles. The van der Waals surface area contributed by atoms with E-state index in [2.05, 4.69) is 19.2 Å². The number of aryl methyl sites for hydroxylation is 1. The summed E-state index contributed by atoms with van der Waals surface area (Å²) in [7, 11) is 1.54. The number of esters is 1. The third-order valence-corrected chi connectivity index (χ3v) is 4.66. The fraction of sp³-hybridized carbons (Fsp3) is 0.364. The highest BCUT2D eigenvalue weighted by atomic mass is 16.5. The summed E-state index contributed by atoms with van der Waals surface area (Å²) >= 11 is 0. The number of ether oxygens (including phenoxy) is 2. The van der Waals surface area contributed by atoms with E-state index in [0.29, 0.717) is 17.2 Å². The summed E-state index contributed by atoms with van der Waals surface area (Å²) in [4.78, 5) is 24.9. The summed E-state index contributed by atoms with van der Waals surface area (Å²) in [6, 6.07) is 12.7. The number of hydrogen-bond acceptors (Lipinski definition) is 4. The van der Waals surface area contributed by atoms with Gasteiger partial charge in [0.2, 0.25) is 0 Å². The van der Waals surface area contributed by atoms with Gasteiger partial charge in [-0.2, -0.15) is 0 Å². The Bertz CT molecular complexity index is 816. The van der Waals surface area contributed by atoms with Gasteiger partial charge in [-0.15, -0.1) is 0 Å². The van der Waals surface area contributed by atoms with E-state index < -0.39 is 12.1 Å². The molecular weight excluding hydrogens is 342 g/mol. The molecule has 0 fully saturated rings. The van der Waals surface area contributed by atoms with Crippen molar-refractivity contribution >= 4 is 17.6 Å². The fourth-order valence-electron chi connectivity index (χ4n) is 2.72. The number of anilines is 1. The molecule has 0 bridgehead atoms. The molecule has 0 aliphatic rings. The van der Waals surface area contributed by atoms with E-state index in [1.165, 1.54) is 0 Å². The van der Waals surface area contributed by atoms with Gasteiger partial charge in [-0.3, -0.25) is 4.79 Å². The van der Waals surface area contributed by atoms with Crippen molar-refractivity contribution in [3.05, 3.63) is 59.2 Å². The van der Waals surface area contributed by atoms with Crippen LogP contribution in [-0.2, 0) is 9.53 Å². The van der Waals surface area contributed by atoms with Crippen molar-refractivity contribution < 1.29 is 19.1 Å². The zero-order valence-electron chi connectivity index (χ0n) is 16.5. The summed E-state index contributed by atoms with van der Waals surface area (Å²) in [5, 5.41) is 2.87. The van der Waals surface area contributed by atoms with Crippen LogP contribution < -0.4 is 10.1 Å². The number of carbonyl (C=O) groups excluding carboxylic acids is 2. The Hall–Kier alpha value is -2.82. The molecular formula is C22H27NO4. The van der Waals surface area contributed by atoms with Gasteiger partial charge < -0.3 is 14.8 Å². The summed E-state index contributed by atoms with van der Waals surface area (Å²) < 4.78 is 10.6. The Labute approximate surface area is 160 Å². The predicted molar refractivity (Wildman–Crippen MR) is 106 cm³/mol. The monoisotopic (exact) mass is 369 g/mol. The van der Waals surface area contributed by atoms with Crippen molar-refractivity contribution in [3.63, 3.8) is 0 Å². The lowest BCUT2D eigenvalue weighted by atomic mass is 9.97. The average molecular weight is 369 g/mol. The number of carbonyl (C=O) groups is 2. The van der Waals surface area contributed by atoms with Crippen molar-refractivity contribution in [1.29, 1.82) is 0 Å². The fourth-order valence-corrected chi connectivity index (χ4v) is 2.72. The van der Waals surface area contributed by atoms with E-state index in [0.717, 1.165) is 23.2 Å². The van der Waals surface area contributed by atoms with Crippen LogP contribution in [-0.4, -0.2) is 25.1 Å². The molecule has 5 nitrogen and oxygen atoms in total. The Kier molecular flexibility index (Phi) is 6.99. The number of para-hydroxylation sites is 1. The van der Waals surface area contributed by atoms with Crippen molar-refractivity contribution in [3.8, 4) is 5.75 Å². The molecule has 2 rings (SSSR count). The number of nitrogens with one attached hydrogen (secondary N) is 1. The van der Waals surface area contributed by atoms with Gasteiger partial charge in [0.15, 0.2) is 6.10 Å². The maximum absolute atomic E-state index is 12.5.